The minimum atomic E-state index is -0.467. The Labute approximate surface area is 127 Å². The van der Waals surface area contributed by atoms with Gasteiger partial charge in [0.15, 0.2) is 0 Å². The standard InChI is InChI=1S/C17H26N2O2/c1-17(2)15-9-18-8-13(15)10-19(17)11-16(20)12-5-4-6-14(7-12)21-3/h4-7,13,15-16,18,20H,8-11H2,1-3H3. The first-order valence-corrected chi connectivity index (χ1v) is 7.80. The third kappa shape index (κ3) is 2.68. The average Bonchev–Trinajstić information content (AvgIpc) is 3.03. The van der Waals surface area contributed by atoms with E-state index in [0.29, 0.717) is 12.5 Å². The van der Waals surface area contributed by atoms with E-state index in [1.807, 2.05) is 24.3 Å². The number of hydrogen-bond acceptors (Lipinski definition) is 4. The summed E-state index contributed by atoms with van der Waals surface area (Å²) in [6.07, 6.45) is -0.467. The van der Waals surface area contributed by atoms with E-state index in [1.165, 1.54) is 0 Å². The Bertz CT molecular complexity index is 503. The van der Waals surface area contributed by atoms with Crippen LogP contribution in [0.15, 0.2) is 24.3 Å². The summed E-state index contributed by atoms with van der Waals surface area (Å²) < 4.78 is 5.24. The van der Waals surface area contributed by atoms with E-state index in [-0.39, 0.29) is 5.54 Å². The van der Waals surface area contributed by atoms with Crippen molar-refractivity contribution in [2.45, 2.75) is 25.5 Å². The van der Waals surface area contributed by atoms with Crippen LogP contribution in [0.2, 0.25) is 0 Å². The fourth-order valence-corrected chi connectivity index (χ4v) is 3.98. The van der Waals surface area contributed by atoms with Crippen molar-refractivity contribution in [3.05, 3.63) is 29.8 Å². The molecular formula is C17H26N2O2. The largest absolute Gasteiger partial charge is 0.497 e. The lowest BCUT2D eigenvalue weighted by Crippen LogP contribution is -2.46. The second-order valence-corrected chi connectivity index (χ2v) is 6.88. The fraction of sp³-hybridized carbons (Fsp3) is 0.647. The Morgan fingerprint density at radius 2 is 2.24 bits per heavy atom. The van der Waals surface area contributed by atoms with E-state index in [1.54, 1.807) is 7.11 Å². The van der Waals surface area contributed by atoms with Gasteiger partial charge in [0.05, 0.1) is 13.2 Å². The number of nitrogens with zero attached hydrogens (tertiary/aromatic N) is 1. The summed E-state index contributed by atoms with van der Waals surface area (Å²) >= 11 is 0. The van der Waals surface area contributed by atoms with E-state index in [4.69, 9.17) is 4.74 Å². The summed E-state index contributed by atoms with van der Waals surface area (Å²) in [5, 5.41) is 14.1. The van der Waals surface area contributed by atoms with Gasteiger partial charge in [-0.05, 0) is 49.9 Å². The number of methoxy groups -OCH3 is 1. The van der Waals surface area contributed by atoms with Gasteiger partial charge in [-0.15, -0.1) is 0 Å². The molecule has 3 rings (SSSR count). The van der Waals surface area contributed by atoms with Crippen molar-refractivity contribution < 1.29 is 9.84 Å². The Hall–Kier alpha value is -1.10. The molecule has 4 nitrogen and oxygen atoms in total. The van der Waals surface area contributed by atoms with Gasteiger partial charge in [-0.25, -0.2) is 0 Å². The summed E-state index contributed by atoms with van der Waals surface area (Å²) in [4.78, 5) is 2.45. The zero-order valence-electron chi connectivity index (χ0n) is 13.2. The number of likely N-dealkylation sites (tertiary alicyclic amines) is 1. The second-order valence-electron chi connectivity index (χ2n) is 6.88. The number of rotatable bonds is 4. The molecule has 2 N–H and O–H groups in total. The molecule has 116 valence electrons. The number of nitrogens with one attached hydrogen (secondary N) is 1. The molecule has 2 aliphatic rings. The van der Waals surface area contributed by atoms with Crippen LogP contribution in [-0.4, -0.2) is 48.8 Å². The first-order valence-electron chi connectivity index (χ1n) is 7.80. The molecule has 0 aliphatic carbocycles. The Kier molecular flexibility index (Phi) is 3.95. The van der Waals surface area contributed by atoms with Crippen LogP contribution >= 0.6 is 0 Å². The lowest BCUT2D eigenvalue weighted by molar-refractivity contribution is 0.0637. The molecule has 2 aliphatic heterocycles. The Morgan fingerprint density at radius 3 is 2.95 bits per heavy atom. The molecule has 4 heteroatoms. The third-order valence-electron chi connectivity index (χ3n) is 5.39. The van der Waals surface area contributed by atoms with Gasteiger partial charge in [-0.3, -0.25) is 4.90 Å². The molecule has 0 spiro atoms. The molecule has 3 atom stereocenters. The van der Waals surface area contributed by atoms with Crippen LogP contribution in [0.5, 0.6) is 5.75 Å². The van der Waals surface area contributed by atoms with Gasteiger partial charge in [-0.2, -0.15) is 0 Å². The van der Waals surface area contributed by atoms with Gasteiger partial charge < -0.3 is 15.2 Å². The average molecular weight is 290 g/mol. The van der Waals surface area contributed by atoms with Crippen molar-refractivity contribution in [1.29, 1.82) is 0 Å². The molecule has 2 saturated heterocycles. The third-order valence-corrected chi connectivity index (χ3v) is 5.39. The van der Waals surface area contributed by atoms with E-state index in [9.17, 15) is 5.11 Å². The van der Waals surface area contributed by atoms with Crippen LogP contribution < -0.4 is 10.1 Å². The molecule has 1 aromatic rings. The summed E-state index contributed by atoms with van der Waals surface area (Å²) in [7, 11) is 1.66. The number of aliphatic hydroxyl groups excluding tert-OH is 1. The quantitative estimate of drug-likeness (QED) is 0.885. The topological polar surface area (TPSA) is 44.7 Å². The summed E-state index contributed by atoms with van der Waals surface area (Å²) in [5.41, 5.74) is 1.08. The van der Waals surface area contributed by atoms with E-state index < -0.39 is 6.10 Å². The van der Waals surface area contributed by atoms with Crippen LogP contribution in [-0.2, 0) is 0 Å². The van der Waals surface area contributed by atoms with Crippen LogP contribution in [0, 0.1) is 11.8 Å². The number of hydrogen-bond donors (Lipinski definition) is 2. The monoisotopic (exact) mass is 290 g/mol. The molecule has 21 heavy (non-hydrogen) atoms. The number of ether oxygens (including phenoxy) is 1. The molecule has 2 heterocycles. The molecule has 0 amide bonds. The zero-order chi connectivity index (χ0) is 15.0. The molecule has 3 unspecified atom stereocenters. The molecule has 0 bridgehead atoms. The summed E-state index contributed by atoms with van der Waals surface area (Å²) in [5.74, 6) is 2.21. The Morgan fingerprint density at radius 1 is 1.43 bits per heavy atom. The van der Waals surface area contributed by atoms with Gasteiger partial charge in [0, 0.05) is 25.2 Å². The van der Waals surface area contributed by atoms with Crippen molar-refractivity contribution in [2.75, 3.05) is 33.3 Å². The normalized spacial score (nSPS) is 29.3. The second kappa shape index (κ2) is 5.59. The highest BCUT2D eigenvalue weighted by atomic mass is 16.5. The van der Waals surface area contributed by atoms with Gasteiger partial charge in [0.25, 0.3) is 0 Å². The van der Waals surface area contributed by atoms with Crippen LogP contribution in [0.1, 0.15) is 25.5 Å². The molecule has 0 aromatic heterocycles. The van der Waals surface area contributed by atoms with E-state index in [2.05, 4.69) is 24.1 Å². The smallest absolute Gasteiger partial charge is 0.119 e. The van der Waals surface area contributed by atoms with Gasteiger partial charge >= 0.3 is 0 Å². The minimum absolute atomic E-state index is 0.147. The molecule has 0 saturated carbocycles. The lowest BCUT2D eigenvalue weighted by atomic mass is 9.85. The number of aliphatic hydroxyl groups is 1. The highest BCUT2D eigenvalue weighted by molar-refractivity contribution is 5.30. The first-order chi connectivity index (χ1) is 10.0. The highest BCUT2D eigenvalue weighted by Gasteiger charge is 2.49. The first kappa shape index (κ1) is 14.8. The predicted molar refractivity (Wildman–Crippen MR) is 83.5 cm³/mol. The number of benzene rings is 1. The van der Waals surface area contributed by atoms with E-state index in [0.717, 1.165) is 36.9 Å². The van der Waals surface area contributed by atoms with Gasteiger partial charge in [0.1, 0.15) is 5.75 Å². The highest BCUT2D eigenvalue weighted by Crippen LogP contribution is 2.41. The molecule has 0 radical (unpaired) electrons. The lowest BCUT2D eigenvalue weighted by Gasteiger charge is -2.36. The van der Waals surface area contributed by atoms with Crippen molar-refractivity contribution in [2.24, 2.45) is 11.8 Å². The predicted octanol–water partition coefficient (Wildman–Crippen LogP) is 1.66. The van der Waals surface area contributed by atoms with Gasteiger partial charge in [-0.1, -0.05) is 12.1 Å². The number of β-amino-alcohol motifs (C(OH)–C–C–N with tert-alkyl or cyclic N) is 1. The SMILES string of the molecule is COc1cccc(C(O)CN2CC3CNCC3C2(C)C)c1. The van der Waals surface area contributed by atoms with Crippen LogP contribution in [0.25, 0.3) is 0 Å². The minimum Gasteiger partial charge on any atom is -0.497 e. The van der Waals surface area contributed by atoms with Crippen molar-refractivity contribution in [1.82, 2.24) is 10.2 Å². The molecular weight excluding hydrogens is 264 g/mol. The van der Waals surface area contributed by atoms with Crippen LogP contribution in [0.4, 0.5) is 0 Å². The number of fused-ring (bicyclic) bond motifs is 1. The Balaban J connectivity index is 1.71. The van der Waals surface area contributed by atoms with Crippen LogP contribution in [0.3, 0.4) is 0 Å². The van der Waals surface area contributed by atoms with Crippen molar-refractivity contribution in [3.8, 4) is 5.75 Å². The fourth-order valence-electron chi connectivity index (χ4n) is 3.98. The van der Waals surface area contributed by atoms with Crippen molar-refractivity contribution in [3.63, 3.8) is 0 Å². The maximum atomic E-state index is 10.6. The van der Waals surface area contributed by atoms with E-state index >= 15 is 0 Å². The van der Waals surface area contributed by atoms with Crippen molar-refractivity contribution >= 4 is 0 Å². The summed E-state index contributed by atoms with van der Waals surface area (Å²) in [6, 6.07) is 7.74. The molecule has 2 fully saturated rings. The molecule has 1 aromatic carbocycles. The maximum Gasteiger partial charge on any atom is 0.119 e. The maximum absolute atomic E-state index is 10.6. The zero-order valence-corrected chi connectivity index (χ0v) is 13.2. The summed E-state index contributed by atoms with van der Waals surface area (Å²) in [6.45, 7) is 8.59. The van der Waals surface area contributed by atoms with Gasteiger partial charge in [0.2, 0.25) is 0 Å².